The number of amides is 1. The lowest BCUT2D eigenvalue weighted by atomic mass is 10.1. The Bertz CT molecular complexity index is 1320. The number of carboxylic acid groups (broad SMARTS) is 1. The summed E-state index contributed by atoms with van der Waals surface area (Å²) in [6, 6.07) is 0.718. The van der Waals surface area contributed by atoms with Crippen molar-refractivity contribution >= 4 is 22.8 Å². The van der Waals surface area contributed by atoms with E-state index in [9.17, 15) is 23.8 Å². The van der Waals surface area contributed by atoms with Crippen LogP contribution in [0.2, 0.25) is 0 Å². The summed E-state index contributed by atoms with van der Waals surface area (Å²) in [5.41, 5.74) is 6.41. The van der Waals surface area contributed by atoms with Gasteiger partial charge in [0.1, 0.15) is 17.1 Å². The molecule has 34 heavy (non-hydrogen) atoms. The maximum absolute atomic E-state index is 14.8. The van der Waals surface area contributed by atoms with Gasteiger partial charge in [0.05, 0.1) is 37.8 Å². The van der Waals surface area contributed by atoms with Crippen LogP contribution in [0.15, 0.2) is 12.3 Å². The first kappa shape index (κ1) is 23.1. The first-order valence-corrected chi connectivity index (χ1v) is 10.2. The van der Waals surface area contributed by atoms with E-state index in [2.05, 4.69) is 21.9 Å². The predicted octanol–water partition coefficient (Wildman–Crippen LogP) is 2.13. The van der Waals surface area contributed by atoms with Crippen molar-refractivity contribution in [1.82, 2.24) is 19.7 Å². The number of hydrogen-bond acceptors (Lipinski definition) is 7. The van der Waals surface area contributed by atoms with E-state index in [4.69, 9.17) is 15.2 Å². The molecule has 178 valence electrons. The van der Waals surface area contributed by atoms with Crippen molar-refractivity contribution in [1.29, 1.82) is 0 Å². The number of fused-ring (bicyclic) bond motifs is 1. The van der Waals surface area contributed by atoms with Gasteiger partial charge in [-0.05, 0) is 12.3 Å². The molecule has 0 unspecified atom stereocenters. The number of ether oxygens (including phenoxy) is 2. The average molecular weight is 473 g/mol. The van der Waals surface area contributed by atoms with Gasteiger partial charge in [-0.25, -0.2) is 18.6 Å². The van der Waals surface area contributed by atoms with Gasteiger partial charge in [0.15, 0.2) is 23.1 Å². The standard InChI is InChI=1S/C22H21F2N5O5/c1-33-15-7-16(34-2)19(24)13(18(15)23)3-4-14-17-20(11(10-30)8-26-21(17)25)29(27-14)12-5-6-28(9-12)22(31)32/h7-8,12,30H,5-6,9-10H2,1-2H3,(H2,25,26)(H,31,32)/t12-/m0/s1. The summed E-state index contributed by atoms with van der Waals surface area (Å²) >= 11 is 0. The highest BCUT2D eigenvalue weighted by Gasteiger charge is 2.30. The van der Waals surface area contributed by atoms with Crippen LogP contribution in [0.1, 0.15) is 29.3 Å². The van der Waals surface area contributed by atoms with E-state index >= 15 is 0 Å². The molecule has 10 nitrogen and oxygen atoms in total. The fourth-order valence-corrected chi connectivity index (χ4v) is 3.96. The van der Waals surface area contributed by atoms with Gasteiger partial charge in [-0.1, -0.05) is 5.92 Å². The Morgan fingerprint density at radius 3 is 2.50 bits per heavy atom. The molecule has 1 saturated heterocycles. The monoisotopic (exact) mass is 473 g/mol. The van der Waals surface area contributed by atoms with E-state index in [0.717, 1.165) is 6.07 Å². The molecule has 12 heteroatoms. The first-order chi connectivity index (χ1) is 16.3. The number of rotatable bonds is 4. The molecule has 1 aromatic carbocycles. The number of aromatic nitrogens is 3. The number of methoxy groups -OCH3 is 2. The number of nitrogens with zero attached hydrogens (tertiary/aromatic N) is 4. The molecule has 2 aromatic heterocycles. The number of benzene rings is 1. The minimum absolute atomic E-state index is 0.0556. The van der Waals surface area contributed by atoms with Gasteiger partial charge < -0.3 is 30.3 Å². The zero-order valence-corrected chi connectivity index (χ0v) is 18.3. The van der Waals surface area contributed by atoms with Crippen molar-refractivity contribution in [2.24, 2.45) is 0 Å². The molecule has 0 saturated carbocycles. The Morgan fingerprint density at radius 2 is 1.94 bits per heavy atom. The smallest absolute Gasteiger partial charge is 0.407 e. The Balaban J connectivity index is 1.90. The predicted molar refractivity (Wildman–Crippen MR) is 117 cm³/mol. The number of nitrogen functional groups attached to an aromatic ring is 1. The Morgan fingerprint density at radius 1 is 1.26 bits per heavy atom. The summed E-state index contributed by atoms with van der Waals surface area (Å²) in [5, 5.41) is 23.9. The van der Waals surface area contributed by atoms with E-state index in [-0.39, 0.29) is 42.2 Å². The highest BCUT2D eigenvalue weighted by atomic mass is 19.1. The number of nitrogens with two attached hydrogens (primary N) is 1. The maximum Gasteiger partial charge on any atom is 0.407 e. The number of halogens is 2. The third-order valence-electron chi connectivity index (χ3n) is 5.66. The molecular weight excluding hydrogens is 452 g/mol. The molecule has 0 bridgehead atoms. The second-order valence-electron chi connectivity index (χ2n) is 7.55. The fourth-order valence-electron chi connectivity index (χ4n) is 3.96. The molecule has 1 fully saturated rings. The lowest BCUT2D eigenvalue weighted by molar-refractivity contribution is 0.154. The number of pyridine rings is 1. The summed E-state index contributed by atoms with van der Waals surface area (Å²) in [6.07, 6.45) is 0.809. The molecule has 0 aliphatic carbocycles. The van der Waals surface area contributed by atoms with Gasteiger partial charge >= 0.3 is 6.09 Å². The first-order valence-electron chi connectivity index (χ1n) is 10.2. The maximum atomic E-state index is 14.8. The Kier molecular flexibility index (Phi) is 6.12. The Hall–Kier alpha value is -4.11. The number of likely N-dealkylation sites (tertiary alicyclic amines) is 1. The molecule has 0 spiro atoms. The van der Waals surface area contributed by atoms with Crippen LogP contribution < -0.4 is 15.2 Å². The number of carbonyl (C=O) groups is 1. The van der Waals surface area contributed by atoms with E-state index in [1.165, 1.54) is 25.3 Å². The van der Waals surface area contributed by atoms with Gasteiger partial charge in [0.25, 0.3) is 0 Å². The Labute approximate surface area is 192 Å². The second kappa shape index (κ2) is 9.03. The largest absolute Gasteiger partial charge is 0.493 e. The van der Waals surface area contributed by atoms with Crippen LogP contribution >= 0.6 is 0 Å². The molecule has 1 aliphatic heterocycles. The van der Waals surface area contributed by atoms with Crippen molar-refractivity contribution < 1.29 is 33.3 Å². The summed E-state index contributed by atoms with van der Waals surface area (Å²) < 4.78 is 40.9. The van der Waals surface area contributed by atoms with E-state index < -0.39 is 23.3 Å². The lowest BCUT2D eigenvalue weighted by Crippen LogP contribution is -2.27. The molecule has 3 heterocycles. The summed E-state index contributed by atoms with van der Waals surface area (Å²) in [4.78, 5) is 16.7. The molecule has 3 aromatic rings. The van der Waals surface area contributed by atoms with Gasteiger partial charge in [-0.15, -0.1) is 0 Å². The van der Waals surface area contributed by atoms with Crippen LogP contribution in [-0.4, -0.2) is 63.3 Å². The van der Waals surface area contributed by atoms with Gasteiger partial charge in [-0.2, -0.15) is 5.10 Å². The van der Waals surface area contributed by atoms with E-state index in [0.29, 0.717) is 29.4 Å². The normalized spacial score (nSPS) is 15.3. The minimum Gasteiger partial charge on any atom is -0.493 e. The van der Waals surface area contributed by atoms with Gasteiger partial charge in [-0.3, -0.25) is 4.68 Å². The van der Waals surface area contributed by atoms with Crippen molar-refractivity contribution in [3.05, 3.63) is 40.7 Å². The summed E-state index contributed by atoms with van der Waals surface area (Å²) in [7, 11) is 2.46. The molecule has 1 aliphatic rings. The van der Waals surface area contributed by atoms with Crippen LogP contribution in [-0.2, 0) is 6.61 Å². The quantitative estimate of drug-likeness (QED) is 0.491. The number of hydrogen-bond donors (Lipinski definition) is 3. The van der Waals surface area contributed by atoms with Crippen LogP contribution in [0.3, 0.4) is 0 Å². The van der Waals surface area contributed by atoms with Gasteiger partial charge in [0.2, 0.25) is 0 Å². The molecule has 1 atom stereocenters. The number of anilines is 1. The molecule has 4 N–H and O–H groups in total. The molecule has 1 amide bonds. The van der Waals surface area contributed by atoms with Gasteiger partial charge in [0, 0.05) is 30.9 Å². The number of aliphatic hydroxyl groups excluding tert-OH is 1. The third kappa shape index (κ3) is 3.80. The van der Waals surface area contributed by atoms with Crippen LogP contribution in [0, 0.1) is 23.5 Å². The zero-order valence-electron chi connectivity index (χ0n) is 18.3. The third-order valence-corrected chi connectivity index (χ3v) is 5.66. The summed E-state index contributed by atoms with van der Waals surface area (Å²) in [5.74, 6) is 2.65. The van der Waals surface area contributed by atoms with Crippen molar-refractivity contribution in [2.75, 3.05) is 33.0 Å². The lowest BCUT2D eigenvalue weighted by Gasteiger charge is -2.14. The van der Waals surface area contributed by atoms with Crippen molar-refractivity contribution in [2.45, 2.75) is 19.1 Å². The topological polar surface area (TPSA) is 136 Å². The minimum atomic E-state index is -1.06. The highest BCUT2D eigenvalue weighted by Crippen LogP contribution is 2.33. The number of aliphatic hydroxyl groups is 1. The van der Waals surface area contributed by atoms with E-state index in [1.54, 1.807) is 4.68 Å². The highest BCUT2D eigenvalue weighted by molar-refractivity contribution is 5.95. The van der Waals surface area contributed by atoms with E-state index in [1.807, 2.05) is 0 Å². The van der Waals surface area contributed by atoms with Crippen LogP contribution in [0.4, 0.5) is 19.4 Å². The van der Waals surface area contributed by atoms with Crippen molar-refractivity contribution in [3.8, 4) is 23.3 Å². The molecule has 0 radical (unpaired) electrons. The SMILES string of the molecule is COc1cc(OC)c(F)c(C#Cc2nn([C@H]3CCN(C(=O)O)C3)c3c(CO)cnc(N)c23)c1F. The second-order valence-corrected chi connectivity index (χ2v) is 7.55. The zero-order chi connectivity index (χ0) is 24.6. The van der Waals surface area contributed by atoms with Crippen molar-refractivity contribution in [3.63, 3.8) is 0 Å². The van der Waals surface area contributed by atoms with Crippen LogP contribution in [0.5, 0.6) is 11.5 Å². The molecular formula is C22H21F2N5O5. The fraction of sp³-hybridized carbons (Fsp3) is 0.318. The summed E-state index contributed by atoms with van der Waals surface area (Å²) in [6.45, 7) is 0.0912. The molecule has 4 rings (SSSR count). The van der Waals surface area contributed by atoms with Crippen LogP contribution in [0.25, 0.3) is 10.9 Å². The average Bonchev–Trinajstić information content (AvgIpc) is 3.46.